The van der Waals surface area contributed by atoms with Gasteiger partial charge in [-0.05, 0) is 56.9 Å². The summed E-state index contributed by atoms with van der Waals surface area (Å²) >= 11 is 0. The molecule has 2 aliphatic carbocycles. The largest absolute Gasteiger partial charge is 0.481 e. The number of pyridine rings is 1. The summed E-state index contributed by atoms with van der Waals surface area (Å²) in [6, 6.07) is 2.43. The van der Waals surface area contributed by atoms with Crippen molar-refractivity contribution < 1.29 is 37.0 Å². The van der Waals surface area contributed by atoms with E-state index >= 15 is 0 Å². The first kappa shape index (κ1) is 27.4. The van der Waals surface area contributed by atoms with Crippen LogP contribution in [-0.4, -0.2) is 74.0 Å². The van der Waals surface area contributed by atoms with Crippen LogP contribution in [0.5, 0.6) is 5.88 Å². The number of aromatic amines is 1. The van der Waals surface area contributed by atoms with E-state index in [1.807, 2.05) is 0 Å². The Hall–Kier alpha value is -3.22. The van der Waals surface area contributed by atoms with Crippen LogP contribution in [0.4, 0.5) is 17.6 Å². The maximum Gasteiger partial charge on any atom is 0.417 e. The number of aromatic nitrogens is 3. The maximum absolute atomic E-state index is 14.3. The van der Waals surface area contributed by atoms with E-state index in [1.54, 1.807) is 4.90 Å². The zero-order valence-electron chi connectivity index (χ0n) is 21.6. The van der Waals surface area contributed by atoms with E-state index in [1.165, 1.54) is 26.2 Å². The number of carbonyl (C=O) groups is 2. The van der Waals surface area contributed by atoms with Gasteiger partial charge in [0.2, 0.25) is 11.8 Å². The summed E-state index contributed by atoms with van der Waals surface area (Å²) < 4.78 is 59.3. The van der Waals surface area contributed by atoms with Crippen LogP contribution in [0.15, 0.2) is 18.3 Å². The number of alkyl halides is 3. The van der Waals surface area contributed by atoms with Gasteiger partial charge in [-0.25, -0.2) is 9.37 Å². The number of piperidine rings is 1. The highest BCUT2D eigenvalue weighted by Crippen LogP contribution is 2.51. The van der Waals surface area contributed by atoms with Crippen molar-refractivity contribution in [1.82, 2.24) is 25.4 Å². The van der Waals surface area contributed by atoms with Crippen LogP contribution in [-0.2, 0) is 4.79 Å². The van der Waals surface area contributed by atoms with Crippen LogP contribution in [0.3, 0.4) is 0 Å². The zero-order valence-corrected chi connectivity index (χ0v) is 21.6. The van der Waals surface area contributed by atoms with Crippen molar-refractivity contribution in [2.24, 2.45) is 11.8 Å². The Morgan fingerprint density at radius 2 is 1.97 bits per heavy atom. The SMILES string of the molecule is COc1cc(-c2cc(C(=O)N3CC[C@H](C(=O)N[C@H]4CC[C@](O)(C(F)(F)F)[C@@H](C)C4)CC34CC4)n[nH]2)c(F)cn1. The standard InChI is InChI=1S/C26H31F4N5O4/c1-14-9-16(3-5-25(14,38)26(28,29)30)32-22(36)15-4-8-35(24(12-15)6-7-24)23(37)20-11-19(33-34-20)17-10-21(39-2)31-13-18(17)27/h10-11,13-16,38H,3-9,12H2,1-2H3,(H,32,36)(H,33,34)/t14-,15-,16-,25+/m0/s1. The van der Waals surface area contributed by atoms with Gasteiger partial charge >= 0.3 is 6.18 Å². The Kier molecular flexibility index (Phi) is 6.84. The molecule has 2 aromatic heterocycles. The molecular weight excluding hydrogens is 522 g/mol. The molecule has 4 atom stereocenters. The van der Waals surface area contributed by atoms with Crippen molar-refractivity contribution in [2.75, 3.05) is 13.7 Å². The van der Waals surface area contributed by atoms with Gasteiger partial charge in [-0.1, -0.05) is 6.92 Å². The lowest BCUT2D eigenvalue weighted by atomic mass is 9.73. The lowest BCUT2D eigenvalue weighted by molar-refractivity contribution is -0.287. The summed E-state index contributed by atoms with van der Waals surface area (Å²) in [4.78, 5) is 32.0. The van der Waals surface area contributed by atoms with E-state index in [4.69, 9.17) is 4.74 Å². The molecule has 1 aliphatic heterocycles. The molecular formula is C26H31F4N5O4. The predicted octanol–water partition coefficient (Wildman–Crippen LogP) is 3.60. The molecule has 3 heterocycles. The number of aliphatic hydroxyl groups is 1. The van der Waals surface area contributed by atoms with Crippen LogP contribution < -0.4 is 10.1 Å². The highest BCUT2D eigenvalue weighted by Gasteiger charge is 2.59. The Bertz CT molecular complexity index is 1260. The number of nitrogens with zero attached hydrogens (tertiary/aromatic N) is 3. The molecule has 0 aromatic carbocycles. The molecule has 9 nitrogen and oxygen atoms in total. The smallest absolute Gasteiger partial charge is 0.417 e. The molecule has 2 aromatic rings. The second-order valence-corrected chi connectivity index (χ2v) is 11.0. The second-order valence-electron chi connectivity index (χ2n) is 11.0. The quantitative estimate of drug-likeness (QED) is 0.487. The fraction of sp³-hybridized carbons (Fsp3) is 0.615. The number of nitrogens with one attached hydrogen (secondary N) is 2. The number of methoxy groups -OCH3 is 1. The number of ether oxygens (including phenoxy) is 1. The van der Waals surface area contributed by atoms with Crippen molar-refractivity contribution in [1.29, 1.82) is 0 Å². The van der Waals surface area contributed by atoms with E-state index in [0.717, 1.165) is 19.0 Å². The van der Waals surface area contributed by atoms with Gasteiger partial charge in [0, 0.05) is 35.7 Å². The molecule has 1 saturated heterocycles. The van der Waals surface area contributed by atoms with E-state index in [2.05, 4.69) is 20.5 Å². The molecule has 5 rings (SSSR count). The maximum atomic E-state index is 14.3. The third-order valence-electron chi connectivity index (χ3n) is 8.63. The normalized spacial score (nSPS) is 28.3. The van der Waals surface area contributed by atoms with Crippen molar-refractivity contribution in [2.45, 2.75) is 75.2 Å². The van der Waals surface area contributed by atoms with Crippen LogP contribution in [0.1, 0.15) is 62.4 Å². The molecule has 39 heavy (non-hydrogen) atoms. The Morgan fingerprint density at radius 3 is 2.62 bits per heavy atom. The summed E-state index contributed by atoms with van der Waals surface area (Å²) in [6.07, 6.45) is -1.75. The molecule has 2 saturated carbocycles. The first-order chi connectivity index (χ1) is 18.4. The fourth-order valence-electron chi connectivity index (χ4n) is 6.05. The number of hydrogen-bond acceptors (Lipinski definition) is 6. The van der Waals surface area contributed by atoms with Gasteiger partial charge in [-0.3, -0.25) is 14.7 Å². The molecule has 3 fully saturated rings. The molecule has 0 bridgehead atoms. The molecule has 0 unspecified atom stereocenters. The summed E-state index contributed by atoms with van der Waals surface area (Å²) in [5.41, 5.74) is -2.62. The van der Waals surface area contributed by atoms with E-state index in [-0.39, 0.29) is 47.7 Å². The summed E-state index contributed by atoms with van der Waals surface area (Å²) in [7, 11) is 1.41. The minimum atomic E-state index is -4.71. The Balaban J connectivity index is 1.21. The number of H-pyrrole nitrogens is 1. The average Bonchev–Trinajstić information content (AvgIpc) is 3.46. The van der Waals surface area contributed by atoms with Gasteiger partial charge in [0.15, 0.2) is 17.1 Å². The lowest BCUT2D eigenvalue weighted by Gasteiger charge is -2.43. The van der Waals surface area contributed by atoms with Crippen LogP contribution in [0.2, 0.25) is 0 Å². The summed E-state index contributed by atoms with van der Waals surface area (Å²) in [6.45, 7) is 1.68. The van der Waals surface area contributed by atoms with Crippen molar-refractivity contribution >= 4 is 11.8 Å². The average molecular weight is 554 g/mol. The monoisotopic (exact) mass is 553 g/mol. The molecule has 0 radical (unpaired) electrons. The van der Waals surface area contributed by atoms with Crippen LogP contribution in [0, 0.1) is 17.7 Å². The number of amides is 2. The van der Waals surface area contributed by atoms with Crippen molar-refractivity contribution in [3.8, 4) is 17.1 Å². The minimum absolute atomic E-state index is 0.0374. The third kappa shape index (κ3) is 4.96. The summed E-state index contributed by atoms with van der Waals surface area (Å²) in [5.74, 6) is -2.34. The molecule has 13 heteroatoms. The number of hydrogen-bond donors (Lipinski definition) is 3. The first-order valence-electron chi connectivity index (χ1n) is 13.0. The molecule has 3 aliphatic rings. The zero-order chi connectivity index (χ0) is 28.2. The van der Waals surface area contributed by atoms with Gasteiger partial charge in [0.1, 0.15) is 0 Å². The highest BCUT2D eigenvalue weighted by molar-refractivity contribution is 5.94. The third-order valence-corrected chi connectivity index (χ3v) is 8.63. The predicted molar refractivity (Wildman–Crippen MR) is 130 cm³/mol. The van der Waals surface area contributed by atoms with Crippen LogP contribution in [0.25, 0.3) is 11.3 Å². The van der Waals surface area contributed by atoms with Gasteiger partial charge in [-0.15, -0.1) is 0 Å². The number of carbonyl (C=O) groups excluding carboxylic acids is 2. The van der Waals surface area contributed by atoms with Crippen molar-refractivity contribution in [3.05, 3.63) is 29.8 Å². The molecule has 212 valence electrons. The number of rotatable bonds is 5. The van der Waals surface area contributed by atoms with Gasteiger partial charge in [0.05, 0.1) is 19.0 Å². The second kappa shape index (κ2) is 9.76. The summed E-state index contributed by atoms with van der Waals surface area (Å²) in [5, 5.41) is 19.8. The Morgan fingerprint density at radius 1 is 1.23 bits per heavy atom. The lowest BCUT2D eigenvalue weighted by Crippen LogP contribution is -2.57. The van der Waals surface area contributed by atoms with Gasteiger partial charge in [0.25, 0.3) is 5.91 Å². The van der Waals surface area contributed by atoms with E-state index in [0.29, 0.717) is 25.1 Å². The minimum Gasteiger partial charge on any atom is -0.481 e. The van der Waals surface area contributed by atoms with Gasteiger partial charge < -0.3 is 20.1 Å². The Labute approximate surface area is 222 Å². The van der Waals surface area contributed by atoms with E-state index < -0.39 is 41.5 Å². The van der Waals surface area contributed by atoms with Gasteiger partial charge in [-0.2, -0.15) is 18.3 Å². The first-order valence-corrected chi connectivity index (χ1v) is 13.0. The fourth-order valence-corrected chi connectivity index (χ4v) is 6.05. The van der Waals surface area contributed by atoms with Crippen LogP contribution >= 0.6 is 0 Å². The number of halogens is 4. The molecule has 2 amide bonds. The number of likely N-dealkylation sites (tertiary alicyclic amines) is 1. The van der Waals surface area contributed by atoms with E-state index in [9.17, 15) is 32.3 Å². The highest BCUT2D eigenvalue weighted by atomic mass is 19.4. The molecule has 1 spiro atoms. The molecule has 3 N–H and O–H groups in total. The van der Waals surface area contributed by atoms with Crippen molar-refractivity contribution in [3.63, 3.8) is 0 Å². The topological polar surface area (TPSA) is 120 Å².